The first kappa shape index (κ1) is 10.0. The molecule has 0 saturated carbocycles. The Labute approximate surface area is 78.3 Å². The second kappa shape index (κ2) is 3.35. The maximum atomic E-state index is 10.8. The number of nitrogens with zero attached hydrogens (tertiary/aromatic N) is 1. The largest absolute Gasteiger partial charge is 0.464 e. The Bertz CT molecular complexity index is 423. The van der Waals surface area contributed by atoms with Crippen molar-refractivity contribution >= 4 is 25.7 Å². The molecule has 0 aliphatic rings. The van der Waals surface area contributed by atoms with E-state index < -0.39 is 20.2 Å². The summed E-state index contributed by atoms with van der Waals surface area (Å²) in [6.45, 7) is 0. The molecule has 72 valence electrons. The fourth-order valence-electron chi connectivity index (χ4n) is 0.641. The number of methoxy groups -OCH3 is 1. The number of aromatic amines is 1. The number of hydrogen-bond acceptors (Lipinski definition) is 5. The quantitative estimate of drug-likeness (QED) is 0.570. The van der Waals surface area contributed by atoms with Gasteiger partial charge in [0.05, 0.1) is 13.3 Å². The molecule has 0 unspecified atom stereocenters. The number of nitrogens with one attached hydrogen (secondary N) is 1. The normalized spacial score (nSPS) is 11.2. The van der Waals surface area contributed by atoms with E-state index in [1.54, 1.807) is 0 Å². The van der Waals surface area contributed by atoms with E-state index in [4.69, 9.17) is 10.7 Å². The van der Waals surface area contributed by atoms with Gasteiger partial charge in [0.2, 0.25) is 5.16 Å². The highest BCUT2D eigenvalue weighted by Gasteiger charge is 2.17. The minimum absolute atomic E-state index is 0.0678. The summed E-state index contributed by atoms with van der Waals surface area (Å²) in [5.41, 5.74) is -0.0678. The molecule has 0 aliphatic carbocycles. The number of imidazole rings is 1. The minimum atomic E-state index is -3.93. The number of carbonyl (C=O) groups is 1. The van der Waals surface area contributed by atoms with Crippen molar-refractivity contribution in [3.05, 3.63) is 11.9 Å². The standard InChI is InChI=1S/C5H5ClN2O4S/c1-12-4(9)3-2-7-5(8-3)13(6,10)11/h2H,1H3,(H,7,8). The third kappa shape index (κ3) is 2.19. The van der Waals surface area contributed by atoms with E-state index in [2.05, 4.69) is 14.7 Å². The van der Waals surface area contributed by atoms with E-state index in [0.29, 0.717) is 0 Å². The van der Waals surface area contributed by atoms with Crippen LogP contribution >= 0.6 is 10.7 Å². The molecule has 0 fully saturated rings. The molecular weight excluding hydrogens is 220 g/mol. The summed E-state index contributed by atoms with van der Waals surface area (Å²) in [6, 6.07) is 0. The van der Waals surface area contributed by atoms with Gasteiger partial charge in [0.1, 0.15) is 5.69 Å². The van der Waals surface area contributed by atoms with E-state index in [1.165, 1.54) is 0 Å². The van der Waals surface area contributed by atoms with E-state index >= 15 is 0 Å². The number of hydrogen-bond donors (Lipinski definition) is 1. The van der Waals surface area contributed by atoms with E-state index in [-0.39, 0.29) is 5.69 Å². The Morgan fingerprint density at radius 1 is 1.69 bits per heavy atom. The Morgan fingerprint density at radius 2 is 2.31 bits per heavy atom. The average molecular weight is 225 g/mol. The molecule has 0 amide bonds. The number of halogens is 1. The van der Waals surface area contributed by atoms with Gasteiger partial charge in [-0.3, -0.25) is 0 Å². The molecular formula is C5H5ClN2O4S. The summed E-state index contributed by atoms with van der Waals surface area (Å²) >= 11 is 0. The maximum absolute atomic E-state index is 10.8. The molecule has 0 aromatic carbocycles. The zero-order chi connectivity index (χ0) is 10.1. The van der Waals surface area contributed by atoms with Crippen LogP contribution in [0.1, 0.15) is 10.5 Å². The minimum Gasteiger partial charge on any atom is -0.464 e. The first-order chi connectivity index (χ1) is 5.95. The van der Waals surface area contributed by atoms with Crippen LogP contribution in [-0.2, 0) is 13.8 Å². The third-order valence-electron chi connectivity index (χ3n) is 1.19. The van der Waals surface area contributed by atoms with Gasteiger partial charge in [0.25, 0.3) is 9.05 Å². The zero-order valence-corrected chi connectivity index (χ0v) is 8.02. The number of carbonyl (C=O) groups excluding carboxylic acids is 1. The fraction of sp³-hybridized carbons (Fsp3) is 0.200. The van der Waals surface area contributed by atoms with Gasteiger partial charge in [0.15, 0.2) is 0 Å². The molecule has 8 heteroatoms. The van der Waals surface area contributed by atoms with Crippen molar-refractivity contribution in [2.75, 3.05) is 7.11 Å². The first-order valence-electron chi connectivity index (χ1n) is 3.03. The number of H-pyrrole nitrogens is 1. The van der Waals surface area contributed by atoms with Gasteiger partial charge in [-0.25, -0.2) is 18.2 Å². The molecule has 1 N–H and O–H groups in total. The molecule has 13 heavy (non-hydrogen) atoms. The lowest BCUT2D eigenvalue weighted by Gasteiger charge is -1.91. The van der Waals surface area contributed by atoms with Crippen LogP contribution in [0.3, 0.4) is 0 Å². The van der Waals surface area contributed by atoms with Crippen LogP contribution in [0.4, 0.5) is 0 Å². The van der Waals surface area contributed by atoms with Crippen LogP contribution in [0, 0.1) is 0 Å². The van der Waals surface area contributed by atoms with Gasteiger partial charge in [-0.15, -0.1) is 0 Å². The van der Waals surface area contributed by atoms with E-state index in [9.17, 15) is 13.2 Å². The molecule has 6 nitrogen and oxygen atoms in total. The lowest BCUT2D eigenvalue weighted by atomic mass is 10.5. The number of rotatable bonds is 2. The van der Waals surface area contributed by atoms with Gasteiger partial charge < -0.3 is 9.72 Å². The van der Waals surface area contributed by atoms with Gasteiger partial charge in [0, 0.05) is 10.7 Å². The zero-order valence-electron chi connectivity index (χ0n) is 6.44. The predicted octanol–water partition coefficient (Wildman–Crippen LogP) is 0.124. The first-order valence-corrected chi connectivity index (χ1v) is 5.34. The molecule has 0 radical (unpaired) electrons. The monoisotopic (exact) mass is 224 g/mol. The molecule has 0 spiro atoms. The maximum Gasteiger partial charge on any atom is 0.356 e. The molecule has 0 aliphatic heterocycles. The van der Waals surface area contributed by atoms with E-state index in [1.807, 2.05) is 0 Å². The van der Waals surface area contributed by atoms with Crippen molar-refractivity contribution in [3.8, 4) is 0 Å². The highest BCUT2D eigenvalue weighted by Crippen LogP contribution is 2.10. The van der Waals surface area contributed by atoms with Crippen LogP contribution in [0.2, 0.25) is 0 Å². The highest BCUT2D eigenvalue weighted by molar-refractivity contribution is 8.13. The number of ether oxygens (including phenoxy) is 1. The molecule has 1 aromatic heterocycles. The van der Waals surface area contributed by atoms with Crippen molar-refractivity contribution in [2.45, 2.75) is 5.16 Å². The Hall–Kier alpha value is -1.08. The van der Waals surface area contributed by atoms with Gasteiger partial charge in [-0.05, 0) is 0 Å². The summed E-state index contributed by atoms with van der Waals surface area (Å²) in [5, 5.41) is -0.477. The topological polar surface area (TPSA) is 89.1 Å². The molecule has 0 atom stereocenters. The molecule has 1 rings (SSSR count). The van der Waals surface area contributed by atoms with Crippen molar-refractivity contribution in [2.24, 2.45) is 0 Å². The van der Waals surface area contributed by atoms with Crippen LogP contribution in [0.5, 0.6) is 0 Å². The number of aromatic nitrogens is 2. The molecule has 0 bridgehead atoms. The van der Waals surface area contributed by atoms with E-state index in [0.717, 1.165) is 13.3 Å². The Kier molecular flexibility index (Phi) is 2.58. The summed E-state index contributed by atoms with van der Waals surface area (Å²) in [5.74, 6) is -0.709. The Morgan fingerprint density at radius 3 is 2.69 bits per heavy atom. The highest BCUT2D eigenvalue weighted by atomic mass is 35.7. The fourth-order valence-corrected chi connectivity index (χ4v) is 1.29. The third-order valence-corrected chi connectivity index (χ3v) is 2.30. The van der Waals surface area contributed by atoms with Crippen LogP contribution < -0.4 is 0 Å². The van der Waals surface area contributed by atoms with Crippen LogP contribution in [0.25, 0.3) is 0 Å². The second-order valence-corrected chi connectivity index (χ2v) is 4.51. The number of esters is 1. The molecule has 1 heterocycles. The average Bonchev–Trinajstić information content (AvgIpc) is 2.50. The van der Waals surface area contributed by atoms with Crippen LogP contribution in [0.15, 0.2) is 11.4 Å². The lowest BCUT2D eigenvalue weighted by molar-refractivity contribution is 0.0594. The van der Waals surface area contributed by atoms with Gasteiger partial charge >= 0.3 is 5.97 Å². The lowest BCUT2D eigenvalue weighted by Crippen LogP contribution is -2.02. The van der Waals surface area contributed by atoms with Crippen molar-refractivity contribution in [3.63, 3.8) is 0 Å². The summed E-state index contributed by atoms with van der Waals surface area (Å²) < 4.78 is 25.7. The summed E-state index contributed by atoms with van der Waals surface area (Å²) in [4.78, 5) is 16.4. The molecule has 1 aromatic rings. The van der Waals surface area contributed by atoms with Gasteiger partial charge in [-0.2, -0.15) is 0 Å². The van der Waals surface area contributed by atoms with Crippen molar-refractivity contribution in [1.82, 2.24) is 9.97 Å². The summed E-state index contributed by atoms with van der Waals surface area (Å²) in [6.07, 6.45) is 1.03. The molecule has 0 saturated heterocycles. The van der Waals surface area contributed by atoms with Gasteiger partial charge in [-0.1, -0.05) is 0 Å². The summed E-state index contributed by atoms with van der Waals surface area (Å²) in [7, 11) is 2.18. The predicted molar refractivity (Wildman–Crippen MR) is 43.0 cm³/mol. The van der Waals surface area contributed by atoms with Crippen LogP contribution in [-0.4, -0.2) is 31.5 Å². The SMILES string of the molecule is COC(=O)c1cnc(S(=O)(=O)Cl)[nH]1. The van der Waals surface area contributed by atoms with Crippen molar-refractivity contribution < 1.29 is 17.9 Å². The Balaban J connectivity index is 3.07. The van der Waals surface area contributed by atoms with Crippen molar-refractivity contribution in [1.29, 1.82) is 0 Å². The second-order valence-electron chi connectivity index (χ2n) is 2.03. The smallest absolute Gasteiger partial charge is 0.356 e.